The molecule has 0 N–H and O–H groups in total. The molecule has 0 unspecified atom stereocenters. The average Bonchev–Trinajstić information content (AvgIpc) is 3.07. The first-order valence-corrected chi connectivity index (χ1v) is 17.3. The second-order valence-corrected chi connectivity index (χ2v) is 15.1. The molecule has 0 saturated heterocycles. The van der Waals surface area contributed by atoms with Gasteiger partial charge in [0.25, 0.3) is 5.91 Å². The molecule has 1 saturated carbocycles. The smallest absolute Gasteiger partial charge is 0.410 e. The minimum atomic E-state index is -0.527. The number of carbonyl (C=O) groups is 2. The molecule has 0 spiro atoms. The topological polar surface area (TPSA) is 62.7 Å². The van der Waals surface area contributed by atoms with Crippen molar-refractivity contribution in [2.75, 3.05) is 0 Å². The number of hydrogen-bond donors (Lipinski definition) is 0. The molecule has 1 aromatic heterocycles. The lowest BCUT2D eigenvalue weighted by Gasteiger charge is -2.35. The van der Waals surface area contributed by atoms with Crippen LogP contribution >= 0.6 is 0 Å². The standard InChI is InChI=1S/C42H51N3O3/c1-41(2,3)37-24-22-36(23-25-37)39(46)44(29-33-11-10-26-43-27-33)28-31-14-18-34(19-15-31)35-20-16-32(17-21-35)30-45(38-12-8-7-9-13-38)40(47)48-42(4,5)6/h10-11,14-27,38H,7-9,12-13,28-30H2,1-6H3. The van der Waals surface area contributed by atoms with Gasteiger partial charge in [-0.25, -0.2) is 4.79 Å². The van der Waals surface area contributed by atoms with Gasteiger partial charge < -0.3 is 14.5 Å². The third kappa shape index (κ3) is 9.56. The summed E-state index contributed by atoms with van der Waals surface area (Å²) >= 11 is 0. The van der Waals surface area contributed by atoms with Gasteiger partial charge in [-0.3, -0.25) is 9.78 Å². The lowest BCUT2D eigenvalue weighted by molar-refractivity contribution is 0.00987. The fourth-order valence-corrected chi connectivity index (χ4v) is 6.29. The van der Waals surface area contributed by atoms with Gasteiger partial charge in [0, 0.05) is 43.6 Å². The molecule has 0 atom stereocenters. The van der Waals surface area contributed by atoms with E-state index in [9.17, 15) is 9.59 Å². The van der Waals surface area contributed by atoms with Gasteiger partial charge in [-0.15, -0.1) is 0 Å². The Bertz CT molecular complexity index is 1630. The molecule has 6 heteroatoms. The SMILES string of the molecule is CC(C)(C)OC(=O)N(Cc1ccc(-c2ccc(CN(Cc3cccnc3)C(=O)c3ccc(C(C)(C)C)cc3)cc2)cc1)C1CCCCC1. The van der Waals surface area contributed by atoms with E-state index in [0.29, 0.717) is 25.2 Å². The zero-order valence-corrected chi connectivity index (χ0v) is 29.5. The van der Waals surface area contributed by atoms with Crippen molar-refractivity contribution in [3.8, 4) is 11.1 Å². The molecule has 1 fully saturated rings. The van der Waals surface area contributed by atoms with Crippen LogP contribution in [0, 0.1) is 0 Å². The second-order valence-electron chi connectivity index (χ2n) is 15.1. The number of nitrogens with zero attached hydrogens (tertiary/aromatic N) is 3. The Hall–Kier alpha value is -4.45. The van der Waals surface area contributed by atoms with E-state index in [1.807, 2.05) is 61.0 Å². The van der Waals surface area contributed by atoms with Gasteiger partial charge in [-0.2, -0.15) is 0 Å². The largest absolute Gasteiger partial charge is 0.444 e. The summed E-state index contributed by atoms with van der Waals surface area (Å²) in [6.07, 6.45) is 8.93. The van der Waals surface area contributed by atoms with Crippen molar-refractivity contribution >= 4 is 12.0 Å². The Morgan fingerprint density at radius 3 is 1.79 bits per heavy atom. The maximum Gasteiger partial charge on any atom is 0.410 e. The fraction of sp³-hybridized carbons (Fsp3) is 0.405. The number of pyridine rings is 1. The first-order chi connectivity index (χ1) is 22.9. The summed E-state index contributed by atoms with van der Waals surface area (Å²) in [7, 11) is 0. The molecule has 3 aromatic carbocycles. The van der Waals surface area contributed by atoms with Gasteiger partial charge in [0.2, 0.25) is 0 Å². The molecule has 4 aromatic rings. The number of amides is 2. The molecule has 1 heterocycles. The molecule has 0 radical (unpaired) electrons. The van der Waals surface area contributed by atoms with E-state index in [-0.39, 0.29) is 23.5 Å². The number of carbonyl (C=O) groups excluding carboxylic acids is 2. The van der Waals surface area contributed by atoms with Crippen LogP contribution in [0.3, 0.4) is 0 Å². The number of ether oxygens (including phenoxy) is 1. The normalized spacial score (nSPS) is 14.0. The first kappa shape index (κ1) is 34.9. The summed E-state index contributed by atoms with van der Waals surface area (Å²) < 4.78 is 5.81. The minimum absolute atomic E-state index is 0.00682. The van der Waals surface area contributed by atoms with Crippen molar-refractivity contribution in [1.82, 2.24) is 14.8 Å². The van der Waals surface area contributed by atoms with Gasteiger partial charge >= 0.3 is 6.09 Å². The maximum absolute atomic E-state index is 13.8. The van der Waals surface area contributed by atoms with Crippen molar-refractivity contribution in [2.24, 2.45) is 0 Å². The van der Waals surface area contributed by atoms with Crippen LogP contribution in [0.1, 0.15) is 106 Å². The van der Waals surface area contributed by atoms with Crippen LogP contribution in [0.25, 0.3) is 11.1 Å². The highest BCUT2D eigenvalue weighted by atomic mass is 16.6. The van der Waals surface area contributed by atoms with Gasteiger partial charge in [-0.1, -0.05) is 107 Å². The summed E-state index contributed by atoms with van der Waals surface area (Å²) in [5, 5.41) is 0. The van der Waals surface area contributed by atoms with Crippen LogP contribution in [0.4, 0.5) is 4.79 Å². The highest BCUT2D eigenvalue weighted by Crippen LogP contribution is 2.28. The zero-order valence-electron chi connectivity index (χ0n) is 29.5. The first-order valence-electron chi connectivity index (χ1n) is 17.3. The van der Waals surface area contributed by atoms with E-state index in [1.54, 1.807) is 6.20 Å². The summed E-state index contributed by atoms with van der Waals surface area (Å²) in [4.78, 5) is 35.1. The molecular formula is C42H51N3O3. The predicted octanol–water partition coefficient (Wildman–Crippen LogP) is 9.96. The Kier molecular flexibility index (Phi) is 11.0. The molecule has 1 aliphatic rings. The molecule has 6 nitrogen and oxygen atoms in total. The molecule has 0 aliphatic heterocycles. The molecule has 5 rings (SSSR count). The summed E-state index contributed by atoms with van der Waals surface area (Å²) in [5.41, 5.74) is 6.71. The van der Waals surface area contributed by atoms with Crippen LogP contribution in [0.2, 0.25) is 0 Å². The molecule has 48 heavy (non-hydrogen) atoms. The number of benzene rings is 3. The van der Waals surface area contributed by atoms with E-state index in [2.05, 4.69) is 86.4 Å². The Morgan fingerprint density at radius 1 is 0.708 bits per heavy atom. The van der Waals surface area contributed by atoms with Crippen molar-refractivity contribution in [1.29, 1.82) is 0 Å². The van der Waals surface area contributed by atoms with E-state index < -0.39 is 5.60 Å². The van der Waals surface area contributed by atoms with Gasteiger partial charge in [0.05, 0.1) is 0 Å². The quantitative estimate of drug-likeness (QED) is 0.182. The Balaban J connectivity index is 1.29. The van der Waals surface area contributed by atoms with Crippen molar-refractivity contribution in [3.63, 3.8) is 0 Å². The van der Waals surface area contributed by atoms with E-state index in [0.717, 1.165) is 53.5 Å². The van der Waals surface area contributed by atoms with Crippen LogP contribution in [0.5, 0.6) is 0 Å². The molecule has 2 amide bonds. The molecule has 252 valence electrons. The molecule has 0 bridgehead atoms. The molecular weight excluding hydrogens is 594 g/mol. The lowest BCUT2D eigenvalue weighted by atomic mass is 9.86. The Morgan fingerprint density at radius 2 is 1.27 bits per heavy atom. The van der Waals surface area contributed by atoms with Crippen molar-refractivity contribution < 1.29 is 14.3 Å². The predicted molar refractivity (Wildman–Crippen MR) is 193 cm³/mol. The number of hydrogen-bond acceptors (Lipinski definition) is 4. The van der Waals surface area contributed by atoms with Gasteiger partial charge in [0.15, 0.2) is 0 Å². The zero-order chi connectivity index (χ0) is 34.3. The van der Waals surface area contributed by atoms with Crippen molar-refractivity contribution in [3.05, 3.63) is 125 Å². The fourth-order valence-electron chi connectivity index (χ4n) is 6.29. The third-order valence-corrected chi connectivity index (χ3v) is 8.99. The van der Waals surface area contributed by atoms with Gasteiger partial charge in [-0.05, 0) is 90.6 Å². The second kappa shape index (κ2) is 15.2. The maximum atomic E-state index is 13.8. The third-order valence-electron chi connectivity index (χ3n) is 8.99. The minimum Gasteiger partial charge on any atom is -0.444 e. The van der Waals surface area contributed by atoms with Crippen molar-refractivity contribution in [2.45, 2.75) is 110 Å². The van der Waals surface area contributed by atoms with E-state index in [1.165, 1.54) is 12.0 Å². The Labute approximate surface area is 287 Å². The highest BCUT2D eigenvalue weighted by Gasteiger charge is 2.29. The lowest BCUT2D eigenvalue weighted by Crippen LogP contribution is -2.43. The number of aromatic nitrogens is 1. The van der Waals surface area contributed by atoms with Crippen LogP contribution in [-0.2, 0) is 29.8 Å². The number of rotatable bonds is 9. The summed E-state index contributed by atoms with van der Waals surface area (Å²) in [5.74, 6) is -0.00682. The van der Waals surface area contributed by atoms with Crippen LogP contribution in [0.15, 0.2) is 97.3 Å². The van der Waals surface area contributed by atoms with Crippen LogP contribution in [-0.4, -0.2) is 38.4 Å². The monoisotopic (exact) mass is 645 g/mol. The van der Waals surface area contributed by atoms with Crippen LogP contribution < -0.4 is 0 Å². The average molecular weight is 646 g/mol. The van der Waals surface area contributed by atoms with Gasteiger partial charge in [0.1, 0.15) is 5.60 Å². The van der Waals surface area contributed by atoms with E-state index >= 15 is 0 Å². The summed E-state index contributed by atoms with van der Waals surface area (Å²) in [6.45, 7) is 13.8. The molecule has 1 aliphatic carbocycles. The summed E-state index contributed by atoms with van der Waals surface area (Å²) in [6, 6.07) is 29.0. The van der Waals surface area contributed by atoms with E-state index in [4.69, 9.17) is 4.74 Å². The highest BCUT2D eigenvalue weighted by molar-refractivity contribution is 5.94.